The molecule has 2 aromatic rings. The number of rotatable bonds is 8. The number of carbonyl (C=O) groups is 1. The molecular weight excluding hydrogens is 347 g/mol. The molecule has 0 unspecified atom stereocenters. The van der Waals surface area contributed by atoms with E-state index in [2.05, 4.69) is 27.8 Å². The van der Waals surface area contributed by atoms with E-state index in [1.165, 1.54) is 28.9 Å². The standard InChI is InChI=1S/C19H23FN6O/c1-3-4-11-22-14(2)18(25-24-16-9-7-15(20)8-10-16)19(27)23-17-6-5-12-26(21)13-17/h5-10,12-13H,3-4,11,21H2,1-2H3,(H-,22,23,24,27)/p+1. The van der Waals surface area contributed by atoms with Crippen LogP contribution in [0.25, 0.3) is 0 Å². The molecule has 0 aliphatic rings. The fourth-order valence-electron chi connectivity index (χ4n) is 2.18. The lowest BCUT2D eigenvalue weighted by atomic mass is 10.2. The van der Waals surface area contributed by atoms with Crippen molar-refractivity contribution < 1.29 is 13.9 Å². The Kier molecular flexibility index (Phi) is 7.42. The quantitative estimate of drug-likeness (QED) is 0.219. The maximum atomic E-state index is 13.0. The molecule has 1 aromatic heterocycles. The molecule has 1 aromatic carbocycles. The van der Waals surface area contributed by atoms with Crippen LogP contribution in [0.15, 0.2) is 58.9 Å². The second-order valence-electron chi connectivity index (χ2n) is 5.89. The van der Waals surface area contributed by atoms with Gasteiger partial charge in [0, 0.05) is 12.6 Å². The number of carbonyl (C=O) groups excluding carboxylic acids is 1. The van der Waals surface area contributed by atoms with Crippen molar-refractivity contribution in [3.63, 3.8) is 0 Å². The predicted molar refractivity (Wildman–Crippen MR) is 106 cm³/mol. The number of nitrogens with zero attached hydrogens (tertiary/aromatic N) is 3. The summed E-state index contributed by atoms with van der Waals surface area (Å²) in [6, 6.07) is 9.12. The van der Waals surface area contributed by atoms with Gasteiger partial charge in [-0.05, 0) is 43.7 Å². The van der Waals surface area contributed by atoms with Crippen molar-refractivity contribution in [2.45, 2.75) is 26.7 Å². The van der Waals surface area contributed by atoms with Gasteiger partial charge in [0.05, 0.1) is 11.4 Å². The topological polar surface area (TPSA) is 95.7 Å². The van der Waals surface area contributed by atoms with Crippen molar-refractivity contribution in [3.8, 4) is 0 Å². The molecule has 0 saturated heterocycles. The molecule has 7 nitrogen and oxygen atoms in total. The zero-order valence-corrected chi connectivity index (χ0v) is 15.4. The van der Waals surface area contributed by atoms with Crippen LogP contribution in [0, 0.1) is 5.82 Å². The predicted octanol–water partition coefficient (Wildman–Crippen LogP) is 2.49. The summed E-state index contributed by atoms with van der Waals surface area (Å²) in [5.74, 6) is 4.90. The lowest BCUT2D eigenvalue weighted by Gasteiger charge is -2.08. The number of aromatic nitrogens is 1. The average Bonchev–Trinajstić information content (AvgIpc) is 2.63. The third-order valence-corrected chi connectivity index (χ3v) is 3.64. The van der Waals surface area contributed by atoms with E-state index < -0.39 is 5.91 Å². The number of hydrazone groups is 1. The van der Waals surface area contributed by atoms with Gasteiger partial charge < -0.3 is 5.32 Å². The Balaban J connectivity index is 2.21. The molecule has 4 N–H and O–H groups in total. The highest BCUT2D eigenvalue weighted by Gasteiger charge is 2.17. The fourth-order valence-corrected chi connectivity index (χ4v) is 2.18. The van der Waals surface area contributed by atoms with Gasteiger partial charge in [-0.15, -0.1) is 0 Å². The third-order valence-electron chi connectivity index (χ3n) is 3.64. The van der Waals surface area contributed by atoms with Crippen molar-refractivity contribution >= 4 is 28.7 Å². The summed E-state index contributed by atoms with van der Waals surface area (Å²) in [4.78, 5) is 17.1. The summed E-state index contributed by atoms with van der Waals surface area (Å²) >= 11 is 0. The number of nitrogens with one attached hydrogen (secondary N) is 2. The molecule has 2 rings (SSSR count). The minimum Gasteiger partial charge on any atom is -0.315 e. The number of unbranched alkanes of at least 4 members (excludes halogenated alkanes) is 1. The number of hydrogen-bond acceptors (Lipinski definition) is 5. The number of pyridine rings is 1. The second kappa shape index (κ2) is 10.0. The Hall–Kier alpha value is -3.29. The maximum absolute atomic E-state index is 13.0. The first-order valence-corrected chi connectivity index (χ1v) is 8.68. The van der Waals surface area contributed by atoms with Gasteiger partial charge in [0.15, 0.2) is 11.9 Å². The zero-order chi connectivity index (χ0) is 19.6. The second-order valence-corrected chi connectivity index (χ2v) is 5.89. The van der Waals surface area contributed by atoms with E-state index in [0.29, 0.717) is 23.6 Å². The summed E-state index contributed by atoms with van der Waals surface area (Å²) in [6.45, 7) is 4.41. The molecular formula is C19H24FN6O+. The minimum atomic E-state index is -0.423. The monoisotopic (exact) mass is 371 g/mol. The molecule has 1 amide bonds. The van der Waals surface area contributed by atoms with Gasteiger partial charge in [0.25, 0.3) is 5.91 Å². The Morgan fingerprint density at radius 2 is 1.96 bits per heavy atom. The SMILES string of the molecule is CCCCN=C(C)C(=NNc1ccc(F)cc1)C(=O)Nc1ccc[n+](N)c1. The Labute approximate surface area is 157 Å². The lowest BCUT2D eigenvalue weighted by molar-refractivity contribution is -0.638. The van der Waals surface area contributed by atoms with E-state index in [9.17, 15) is 9.18 Å². The maximum Gasteiger partial charge on any atom is 0.278 e. The Bertz CT molecular complexity index is 832. The van der Waals surface area contributed by atoms with Crippen molar-refractivity contribution in [1.82, 2.24) is 0 Å². The summed E-state index contributed by atoms with van der Waals surface area (Å²) in [5.41, 5.74) is 4.51. The first kappa shape index (κ1) is 20.0. The molecule has 0 fully saturated rings. The average molecular weight is 371 g/mol. The van der Waals surface area contributed by atoms with Gasteiger partial charge in [-0.2, -0.15) is 5.10 Å². The molecule has 0 radical (unpaired) electrons. The molecule has 0 aliphatic heterocycles. The fraction of sp³-hybridized carbons (Fsp3) is 0.263. The zero-order valence-electron chi connectivity index (χ0n) is 15.4. The minimum absolute atomic E-state index is 0.142. The number of hydrogen-bond donors (Lipinski definition) is 3. The summed E-state index contributed by atoms with van der Waals surface area (Å²) in [7, 11) is 0. The van der Waals surface area contributed by atoms with Crippen LogP contribution in [0.4, 0.5) is 15.8 Å². The molecule has 0 atom stereocenters. The van der Waals surface area contributed by atoms with Crippen LogP contribution in [-0.2, 0) is 4.79 Å². The highest BCUT2D eigenvalue weighted by atomic mass is 19.1. The van der Waals surface area contributed by atoms with Crippen LogP contribution in [0.5, 0.6) is 0 Å². The summed E-state index contributed by atoms with van der Waals surface area (Å²) in [6.07, 6.45) is 5.15. The van der Waals surface area contributed by atoms with Gasteiger partial charge in [0.2, 0.25) is 6.20 Å². The highest BCUT2D eigenvalue weighted by molar-refractivity contribution is 6.68. The Morgan fingerprint density at radius 1 is 1.22 bits per heavy atom. The van der Waals surface area contributed by atoms with Gasteiger partial charge in [-0.3, -0.25) is 15.2 Å². The van der Waals surface area contributed by atoms with Crippen LogP contribution in [-0.4, -0.2) is 23.9 Å². The van der Waals surface area contributed by atoms with Gasteiger partial charge in [-0.25, -0.2) is 10.2 Å². The molecule has 0 aliphatic carbocycles. The summed E-state index contributed by atoms with van der Waals surface area (Å²) < 4.78 is 14.4. The van der Waals surface area contributed by atoms with Gasteiger partial charge >= 0.3 is 0 Å². The van der Waals surface area contributed by atoms with Crippen molar-refractivity contribution in [3.05, 3.63) is 54.6 Å². The van der Waals surface area contributed by atoms with Crippen LogP contribution >= 0.6 is 0 Å². The van der Waals surface area contributed by atoms with Crippen LogP contribution < -0.4 is 21.3 Å². The molecule has 0 spiro atoms. The molecule has 1 heterocycles. The first-order valence-electron chi connectivity index (χ1n) is 8.68. The number of nitrogen functional groups attached to an aromatic ring is 1. The summed E-state index contributed by atoms with van der Waals surface area (Å²) in [5, 5.41) is 6.93. The van der Waals surface area contributed by atoms with Crippen LogP contribution in [0.2, 0.25) is 0 Å². The molecule has 142 valence electrons. The Morgan fingerprint density at radius 3 is 2.63 bits per heavy atom. The highest BCUT2D eigenvalue weighted by Crippen LogP contribution is 2.09. The van der Waals surface area contributed by atoms with E-state index in [4.69, 9.17) is 5.84 Å². The van der Waals surface area contributed by atoms with E-state index in [1.54, 1.807) is 31.5 Å². The third kappa shape index (κ3) is 6.50. The number of amides is 1. The van der Waals surface area contributed by atoms with Crippen LogP contribution in [0.1, 0.15) is 26.7 Å². The van der Waals surface area contributed by atoms with Crippen molar-refractivity contribution in [2.24, 2.45) is 10.1 Å². The van der Waals surface area contributed by atoms with E-state index in [-0.39, 0.29) is 11.5 Å². The van der Waals surface area contributed by atoms with Crippen LogP contribution in [0.3, 0.4) is 0 Å². The molecule has 0 bridgehead atoms. The van der Waals surface area contributed by atoms with E-state index in [1.807, 2.05) is 0 Å². The molecule has 8 heteroatoms. The van der Waals surface area contributed by atoms with Crippen molar-refractivity contribution in [2.75, 3.05) is 23.1 Å². The molecule has 27 heavy (non-hydrogen) atoms. The van der Waals surface area contributed by atoms with Crippen molar-refractivity contribution in [1.29, 1.82) is 0 Å². The first-order chi connectivity index (χ1) is 13.0. The molecule has 0 saturated carbocycles. The smallest absolute Gasteiger partial charge is 0.278 e. The number of halogens is 1. The number of benzene rings is 1. The number of nitrogens with two attached hydrogens (primary N) is 1. The number of anilines is 2. The van der Waals surface area contributed by atoms with E-state index in [0.717, 1.165) is 12.8 Å². The van der Waals surface area contributed by atoms with Gasteiger partial charge in [0.1, 0.15) is 11.5 Å². The van der Waals surface area contributed by atoms with Gasteiger partial charge in [-0.1, -0.05) is 18.0 Å². The normalized spacial score (nSPS) is 12.0. The largest absolute Gasteiger partial charge is 0.315 e. The lowest BCUT2D eigenvalue weighted by Crippen LogP contribution is -2.43. The number of aliphatic imine (C=N–C) groups is 1. The van der Waals surface area contributed by atoms with E-state index >= 15 is 0 Å².